The summed E-state index contributed by atoms with van der Waals surface area (Å²) in [4.78, 5) is 14.5. The van der Waals surface area contributed by atoms with Gasteiger partial charge in [0.1, 0.15) is 4.90 Å². The lowest BCUT2D eigenvalue weighted by Crippen LogP contribution is -2.28. The van der Waals surface area contributed by atoms with Crippen molar-refractivity contribution in [2.45, 2.75) is 24.7 Å². The van der Waals surface area contributed by atoms with Crippen molar-refractivity contribution in [3.8, 4) is 0 Å². The van der Waals surface area contributed by atoms with Gasteiger partial charge in [0.25, 0.3) is 0 Å². The number of nitrogens with two attached hydrogens (primary N) is 1. The van der Waals surface area contributed by atoms with Crippen molar-refractivity contribution in [3.05, 3.63) is 18.5 Å². The highest BCUT2D eigenvalue weighted by Crippen LogP contribution is 2.19. The molecule has 1 aromatic rings. The first-order valence-electron chi connectivity index (χ1n) is 5.93. The predicted molar refractivity (Wildman–Crippen MR) is 72.0 cm³/mol. The molecule has 0 radical (unpaired) electrons. The summed E-state index contributed by atoms with van der Waals surface area (Å²) in [5, 5.41) is 3.02. The maximum atomic E-state index is 12.1. The van der Waals surface area contributed by atoms with E-state index in [4.69, 9.17) is 5.73 Å². The van der Waals surface area contributed by atoms with Gasteiger partial charge in [-0.1, -0.05) is 6.92 Å². The third kappa shape index (κ3) is 4.84. The number of hydrogen-bond acceptors (Lipinski definition) is 5. The summed E-state index contributed by atoms with van der Waals surface area (Å²) in [6, 6.07) is 1.60. The first-order valence-corrected chi connectivity index (χ1v) is 7.41. The van der Waals surface area contributed by atoms with E-state index in [-0.39, 0.29) is 17.9 Å². The fraction of sp³-hybridized carbons (Fsp3) is 0.455. The molecule has 0 unspecified atom stereocenters. The normalized spacial score (nSPS) is 11.2. The molecule has 0 saturated carbocycles. The Morgan fingerprint density at radius 3 is 2.79 bits per heavy atom. The summed E-state index contributed by atoms with van der Waals surface area (Å²) >= 11 is 0. The second-order valence-corrected chi connectivity index (χ2v) is 5.65. The number of amides is 1. The minimum absolute atomic E-state index is 0.0280. The van der Waals surface area contributed by atoms with Gasteiger partial charge in [0.05, 0.1) is 5.69 Å². The summed E-state index contributed by atoms with van der Waals surface area (Å²) < 4.78 is 26.4. The van der Waals surface area contributed by atoms with Crippen LogP contribution in [0.5, 0.6) is 0 Å². The number of nitrogens with one attached hydrogen (secondary N) is 2. The highest BCUT2D eigenvalue weighted by Gasteiger charge is 2.18. The van der Waals surface area contributed by atoms with Crippen LogP contribution in [0.25, 0.3) is 0 Å². The average molecular weight is 286 g/mol. The van der Waals surface area contributed by atoms with E-state index in [0.29, 0.717) is 12.2 Å². The summed E-state index contributed by atoms with van der Waals surface area (Å²) in [6.07, 6.45) is 3.61. The van der Waals surface area contributed by atoms with Crippen LogP contribution in [-0.4, -0.2) is 32.4 Å². The molecule has 4 N–H and O–H groups in total. The maximum Gasteiger partial charge on any atom is 0.244 e. The number of anilines is 1. The Hall–Kier alpha value is -1.67. The molecule has 1 heterocycles. The van der Waals surface area contributed by atoms with Gasteiger partial charge >= 0.3 is 0 Å². The third-order valence-electron chi connectivity index (χ3n) is 2.30. The Balaban J connectivity index is 2.84. The van der Waals surface area contributed by atoms with E-state index in [1.807, 2.05) is 6.92 Å². The minimum Gasteiger partial charge on any atom is -0.384 e. The van der Waals surface area contributed by atoms with Crippen LogP contribution < -0.4 is 15.8 Å². The summed E-state index contributed by atoms with van der Waals surface area (Å²) in [5.41, 5.74) is 5.45. The van der Waals surface area contributed by atoms with Crippen molar-refractivity contribution >= 4 is 21.6 Å². The minimum atomic E-state index is -3.70. The molecule has 106 valence electrons. The van der Waals surface area contributed by atoms with Crippen LogP contribution in [0.1, 0.15) is 19.8 Å². The molecule has 0 fully saturated rings. The maximum absolute atomic E-state index is 12.1. The number of sulfonamides is 1. The molecule has 1 amide bonds. The topological polar surface area (TPSA) is 114 Å². The van der Waals surface area contributed by atoms with Crippen LogP contribution in [0.15, 0.2) is 23.4 Å². The Morgan fingerprint density at radius 2 is 2.16 bits per heavy atom. The second-order valence-electron chi connectivity index (χ2n) is 3.91. The Morgan fingerprint density at radius 1 is 1.42 bits per heavy atom. The third-order valence-corrected chi connectivity index (χ3v) is 3.79. The number of carbonyl (C=O) groups excluding carboxylic acids is 1. The molecular weight excluding hydrogens is 268 g/mol. The lowest BCUT2D eigenvalue weighted by atomic mass is 10.4. The first-order chi connectivity index (χ1) is 8.97. The van der Waals surface area contributed by atoms with Crippen LogP contribution in [0.3, 0.4) is 0 Å². The van der Waals surface area contributed by atoms with E-state index >= 15 is 0 Å². The SMILES string of the molecule is CCCNc1ccncc1S(=O)(=O)NCCC(N)=O. The van der Waals surface area contributed by atoms with Gasteiger partial charge in [-0.05, 0) is 12.5 Å². The zero-order valence-corrected chi connectivity index (χ0v) is 11.5. The molecule has 0 atom stereocenters. The monoisotopic (exact) mass is 286 g/mol. The van der Waals surface area contributed by atoms with Crippen LogP contribution in [0, 0.1) is 0 Å². The number of hydrogen-bond donors (Lipinski definition) is 3. The van der Waals surface area contributed by atoms with Gasteiger partial charge in [0.2, 0.25) is 15.9 Å². The van der Waals surface area contributed by atoms with Crippen molar-refractivity contribution in [3.63, 3.8) is 0 Å². The molecule has 0 aliphatic rings. The number of pyridine rings is 1. The largest absolute Gasteiger partial charge is 0.384 e. The van der Waals surface area contributed by atoms with Crippen LogP contribution in [0.4, 0.5) is 5.69 Å². The van der Waals surface area contributed by atoms with E-state index in [1.165, 1.54) is 12.4 Å². The van der Waals surface area contributed by atoms with Gasteiger partial charge in [-0.3, -0.25) is 9.78 Å². The lowest BCUT2D eigenvalue weighted by Gasteiger charge is -2.11. The molecule has 0 aliphatic heterocycles. The number of nitrogens with zero attached hydrogens (tertiary/aromatic N) is 1. The molecule has 8 heteroatoms. The number of rotatable bonds is 8. The molecule has 19 heavy (non-hydrogen) atoms. The van der Waals surface area contributed by atoms with E-state index in [0.717, 1.165) is 6.42 Å². The predicted octanol–water partition coefficient (Wildman–Crippen LogP) is 0.0572. The second kappa shape index (κ2) is 7.05. The molecule has 0 spiro atoms. The molecule has 1 rings (SSSR count). The van der Waals surface area contributed by atoms with Crippen molar-refractivity contribution in [2.24, 2.45) is 5.73 Å². The molecule has 7 nitrogen and oxygen atoms in total. The first kappa shape index (κ1) is 15.4. The number of primary amides is 1. The molecular formula is C11H18N4O3S. The molecule has 0 saturated heterocycles. The number of aromatic nitrogens is 1. The van der Waals surface area contributed by atoms with E-state index in [1.54, 1.807) is 6.07 Å². The standard InChI is InChI=1S/C11H18N4O3S/c1-2-5-14-9-3-6-13-8-10(9)19(17,18)15-7-4-11(12)16/h3,6,8,15H,2,4-5,7H2,1H3,(H2,12,16)(H,13,14). The van der Waals surface area contributed by atoms with Gasteiger partial charge in [-0.15, -0.1) is 0 Å². The van der Waals surface area contributed by atoms with Gasteiger partial charge in [-0.25, -0.2) is 13.1 Å². The van der Waals surface area contributed by atoms with E-state index < -0.39 is 15.9 Å². The highest BCUT2D eigenvalue weighted by atomic mass is 32.2. The highest BCUT2D eigenvalue weighted by molar-refractivity contribution is 7.89. The Kier molecular flexibility index (Phi) is 5.71. The quantitative estimate of drug-likeness (QED) is 0.625. The average Bonchev–Trinajstić information content (AvgIpc) is 2.36. The zero-order chi connectivity index (χ0) is 14.3. The van der Waals surface area contributed by atoms with Crippen LogP contribution >= 0.6 is 0 Å². The van der Waals surface area contributed by atoms with Crippen molar-refractivity contribution in [2.75, 3.05) is 18.4 Å². The zero-order valence-electron chi connectivity index (χ0n) is 10.7. The Bertz CT molecular complexity index is 530. The summed E-state index contributed by atoms with van der Waals surface area (Å²) in [7, 11) is -3.70. The van der Waals surface area contributed by atoms with E-state index in [2.05, 4.69) is 15.0 Å². The lowest BCUT2D eigenvalue weighted by molar-refractivity contribution is -0.117. The molecule has 0 aliphatic carbocycles. The van der Waals surface area contributed by atoms with Crippen molar-refractivity contribution in [1.29, 1.82) is 0 Å². The summed E-state index contributed by atoms with van der Waals surface area (Å²) in [5.74, 6) is -0.557. The van der Waals surface area contributed by atoms with Gasteiger partial charge in [0, 0.05) is 31.9 Å². The molecule has 0 aromatic carbocycles. The Labute approximate surface area is 112 Å². The molecule has 1 aromatic heterocycles. The van der Waals surface area contributed by atoms with Gasteiger partial charge < -0.3 is 11.1 Å². The van der Waals surface area contributed by atoms with Gasteiger partial charge in [-0.2, -0.15) is 0 Å². The van der Waals surface area contributed by atoms with Crippen molar-refractivity contribution < 1.29 is 13.2 Å². The molecule has 0 bridgehead atoms. The van der Waals surface area contributed by atoms with Crippen molar-refractivity contribution in [1.82, 2.24) is 9.71 Å². The summed E-state index contributed by atoms with van der Waals surface area (Å²) in [6.45, 7) is 2.61. The smallest absolute Gasteiger partial charge is 0.244 e. The van der Waals surface area contributed by atoms with Crippen LogP contribution in [-0.2, 0) is 14.8 Å². The number of carbonyl (C=O) groups is 1. The van der Waals surface area contributed by atoms with Gasteiger partial charge in [0.15, 0.2) is 0 Å². The fourth-order valence-electron chi connectivity index (χ4n) is 1.39. The fourth-order valence-corrected chi connectivity index (χ4v) is 2.54. The van der Waals surface area contributed by atoms with Crippen LogP contribution in [0.2, 0.25) is 0 Å². The van der Waals surface area contributed by atoms with E-state index in [9.17, 15) is 13.2 Å².